The summed E-state index contributed by atoms with van der Waals surface area (Å²) in [6, 6.07) is 6.14. The summed E-state index contributed by atoms with van der Waals surface area (Å²) in [5, 5.41) is 10.2. The van der Waals surface area contributed by atoms with Crippen molar-refractivity contribution in [1.29, 1.82) is 0 Å². The van der Waals surface area contributed by atoms with Gasteiger partial charge in [0, 0.05) is 5.33 Å². The van der Waals surface area contributed by atoms with Gasteiger partial charge in [-0.05, 0) is 30.0 Å². The van der Waals surface area contributed by atoms with E-state index in [2.05, 4.69) is 41.9 Å². The largest absolute Gasteiger partial charge is 0.388 e. The highest BCUT2D eigenvalue weighted by molar-refractivity contribution is 9.09. The molecule has 2 heteroatoms. The van der Waals surface area contributed by atoms with Crippen molar-refractivity contribution in [2.45, 2.75) is 26.4 Å². The maximum atomic E-state index is 9.59. The van der Waals surface area contributed by atoms with Gasteiger partial charge in [-0.1, -0.05) is 41.1 Å². The Morgan fingerprint density at radius 1 is 1.46 bits per heavy atom. The van der Waals surface area contributed by atoms with Gasteiger partial charge in [0.15, 0.2) is 0 Å². The van der Waals surface area contributed by atoms with Gasteiger partial charge in [0.05, 0.1) is 6.10 Å². The van der Waals surface area contributed by atoms with Gasteiger partial charge in [0.1, 0.15) is 0 Å². The average Bonchev–Trinajstić information content (AvgIpc) is 2.17. The van der Waals surface area contributed by atoms with Crippen molar-refractivity contribution in [3.05, 3.63) is 34.9 Å². The molecule has 1 aromatic carbocycles. The third-order valence-electron chi connectivity index (χ3n) is 2.29. The molecule has 13 heavy (non-hydrogen) atoms. The molecule has 0 spiro atoms. The molecule has 0 aromatic heterocycles. The number of alkyl halides is 1. The quantitative estimate of drug-likeness (QED) is 0.809. The van der Waals surface area contributed by atoms with Crippen molar-refractivity contribution in [3.8, 4) is 0 Å². The van der Waals surface area contributed by atoms with E-state index in [4.69, 9.17) is 0 Å². The Hall–Kier alpha value is -0.340. The minimum Gasteiger partial charge on any atom is -0.388 e. The summed E-state index contributed by atoms with van der Waals surface area (Å²) >= 11 is 3.27. The predicted octanol–water partition coefficient (Wildman–Crippen LogP) is 2.99. The van der Waals surface area contributed by atoms with Crippen LogP contribution >= 0.6 is 15.9 Å². The fourth-order valence-corrected chi connectivity index (χ4v) is 1.74. The van der Waals surface area contributed by atoms with Crippen molar-refractivity contribution in [3.63, 3.8) is 0 Å². The van der Waals surface area contributed by atoms with Gasteiger partial charge in [-0.2, -0.15) is 0 Å². The Labute approximate surface area is 87.9 Å². The van der Waals surface area contributed by atoms with Crippen LogP contribution in [0.4, 0.5) is 0 Å². The molecule has 0 bridgehead atoms. The second-order valence-electron chi connectivity index (χ2n) is 3.21. The van der Waals surface area contributed by atoms with Gasteiger partial charge in [-0.15, -0.1) is 0 Å². The van der Waals surface area contributed by atoms with Crippen molar-refractivity contribution < 1.29 is 5.11 Å². The molecule has 1 atom stereocenters. The molecular weight excluding hydrogens is 228 g/mol. The highest BCUT2D eigenvalue weighted by Gasteiger charge is 2.06. The molecule has 0 radical (unpaired) electrons. The zero-order valence-corrected chi connectivity index (χ0v) is 9.63. The number of hydrogen-bond donors (Lipinski definition) is 1. The molecule has 0 aliphatic rings. The van der Waals surface area contributed by atoms with Gasteiger partial charge in [-0.25, -0.2) is 0 Å². The second kappa shape index (κ2) is 4.77. The second-order valence-corrected chi connectivity index (χ2v) is 3.86. The summed E-state index contributed by atoms with van der Waals surface area (Å²) in [5.74, 6) is 0. The van der Waals surface area contributed by atoms with E-state index in [1.54, 1.807) is 0 Å². The molecule has 0 aliphatic carbocycles. The Kier molecular flexibility index (Phi) is 3.94. The Morgan fingerprint density at radius 2 is 2.15 bits per heavy atom. The topological polar surface area (TPSA) is 20.2 Å². The first-order valence-electron chi connectivity index (χ1n) is 4.52. The molecule has 0 amide bonds. The predicted molar refractivity (Wildman–Crippen MR) is 59.3 cm³/mol. The molecule has 0 saturated heterocycles. The van der Waals surface area contributed by atoms with E-state index in [1.165, 1.54) is 11.1 Å². The molecule has 0 fully saturated rings. The lowest BCUT2D eigenvalue weighted by Gasteiger charge is -2.10. The molecule has 1 rings (SSSR count). The lowest BCUT2D eigenvalue weighted by molar-refractivity contribution is 0.205. The minimum atomic E-state index is -0.383. The number of benzene rings is 1. The van der Waals surface area contributed by atoms with Crippen LogP contribution in [-0.4, -0.2) is 10.4 Å². The lowest BCUT2D eigenvalue weighted by Crippen LogP contribution is -1.99. The number of rotatable bonds is 3. The molecule has 72 valence electrons. The molecule has 0 aliphatic heterocycles. The van der Waals surface area contributed by atoms with E-state index in [-0.39, 0.29) is 6.10 Å². The Morgan fingerprint density at radius 3 is 2.69 bits per heavy atom. The molecule has 0 heterocycles. The third kappa shape index (κ3) is 2.55. The fraction of sp³-hybridized carbons (Fsp3) is 0.455. The van der Waals surface area contributed by atoms with E-state index in [9.17, 15) is 5.11 Å². The summed E-state index contributed by atoms with van der Waals surface area (Å²) in [4.78, 5) is 0. The zero-order chi connectivity index (χ0) is 9.84. The first kappa shape index (κ1) is 10.7. The van der Waals surface area contributed by atoms with E-state index in [0.717, 1.165) is 12.0 Å². The van der Waals surface area contributed by atoms with Crippen LogP contribution in [0.25, 0.3) is 0 Å². The molecule has 0 unspecified atom stereocenters. The fourth-order valence-electron chi connectivity index (χ4n) is 1.37. The van der Waals surface area contributed by atoms with Gasteiger partial charge < -0.3 is 5.11 Å². The van der Waals surface area contributed by atoms with Crippen molar-refractivity contribution in [2.24, 2.45) is 0 Å². The van der Waals surface area contributed by atoms with Gasteiger partial charge in [-0.3, -0.25) is 0 Å². The van der Waals surface area contributed by atoms with Crippen LogP contribution < -0.4 is 0 Å². The van der Waals surface area contributed by atoms with Crippen molar-refractivity contribution in [1.82, 2.24) is 0 Å². The number of halogens is 1. The van der Waals surface area contributed by atoms with E-state index < -0.39 is 0 Å². The molecule has 1 N–H and O–H groups in total. The van der Waals surface area contributed by atoms with Crippen molar-refractivity contribution >= 4 is 15.9 Å². The van der Waals surface area contributed by atoms with E-state index >= 15 is 0 Å². The van der Waals surface area contributed by atoms with Gasteiger partial charge >= 0.3 is 0 Å². The molecule has 1 aromatic rings. The number of hydrogen-bond acceptors (Lipinski definition) is 1. The van der Waals surface area contributed by atoms with E-state index in [1.807, 2.05) is 6.07 Å². The highest BCUT2D eigenvalue weighted by Crippen LogP contribution is 2.19. The number of aliphatic hydroxyl groups is 1. The van der Waals surface area contributed by atoms with Crippen LogP contribution in [0.5, 0.6) is 0 Å². The summed E-state index contributed by atoms with van der Waals surface area (Å²) in [6.07, 6.45) is 0.639. The minimum absolute atomic E-state index is 0.383. The maximum absolute atomic E-state index is 9.59. The Balaban J connectivity index is 2.99. The summed E-state index contributed by atoms with van der Waals surface area (Å²) in [5.41, 5.74) is 3.62. The van der Waals surface area contributed by atoms with E-state index in [0.29, 0.717) is 5.33 Å². The standard InChI is InChI=1S/C11H15BrO/c1-3-9-6-10(11(13)7-12)5-4-8(9)2/h4-6,11,13H,3,7H2,1-2H3/t11-/m0/s1. The van der Waals surface area contributed by atoms with Gasteiger partial charge in [0.25, 0.3) is 0 Å². The SMILES string of the molecule is CCc1cc([C@@H](O)CBr)ccc1C. The first-order chi connectivity index (χ1) is 6.19. The number of aliphatic hydroxyl groups excluding tert-OH is 1. The zero-order valence-electron chi connectivity index (χ0n) is 8.05. The van der Waals surface area contributed by atoms with Crippen LogP contribution in [0.2, 0.25) is 0 Å². The third-order valence-corrected chi connectivity index (χ3v) is 2.90. The molecule has 1 nitrogen and oxygen atoms in total. The van der Waals surface area contributed by atoms with Crippen LogP contribution in [0.3, 0.4) is 0 Å². The maximum Gasteiger partial charge on any atom is 0.0886 e. The summed E-state index contributed by atoms with van der Waals surface area (Å²) in [6.45, 7) is 4.23. The van der Waals surface area contributed by atoms with Crippen LogP contribution in [0.1, 0.15) is 29.7 Å². The van der Waals surface area contributed by atoms with Crippen LogP contribution in [0, 0.1) is 6.92 Å². The normalized spacial score (nSPS) is 12.9. The molecular formula is C11H15BrO. The van der Waals surface area contributed by atoms with Gasteiger partial charge in [0.2, 0.25) is 0 Å². The van der Waals surface area contributed by atoms with Crippen molar-refractivity contribution in [2.75, 3.05) is 5.33 Å². The average molecular weight is 243 g/mol. The highest BCUT2D eigenvalue weighted by atomic mass is 79.9. The molecule has 0 saturated carbocycles. The van der Waals surface area contributed by atoms with Crippen LogP contribution in [0.15, 0.2) is 18.2 Å². The summed E-state index contributed by atoms with van der Waals surface area (Å²) in [7, 11) is 0. The monoisotopic (exact) mass is 242 g/mol. The Bertz CT molecular complexity index is 283. The smallest absolute Gasteiger partial charge is 0.0886 e. The first-order valence-corrected chi connectivity index (χ1v) is 5.64. The van der Waals surface area contributed by atoms with Crippen LogP contribution in [-0.2, 0) is 6.42 Å². The number of aryl methyl sites for hydroxylation is 2. The summed E-state index contributed by atoms with van der Waals surface area (Å²) < 4.78 is 0. The lowest BCUT2D eigenvalue weighted by atomic mass is 10.0.